The van der Waals surface area contributed by atoms with Gasteiger partial charge in [0.2, 0.25) is 5.91 Å². The summed E-state index contributed by atoms with van der Waals surface area (Å²) in [6.07, 6.45) is 2.60. The van der Waals surface area contributed by atoms with Crippen molar-refractivity contribution >= 4 is 26.6 Å². The van der Waals surface area contributed by atoms with Gasteiger partial charge in [-0.1, -0.05) is 11.6 Å². The third kappa shape index (κ3) is 3.30. The molecule has 1 amide bonds. The fourth-order valence-electron chi connectivity index (χ4n) is 2.80. The van der Waals surface area contributed by atoms with Crippen molar-refractivity contribution in [3.63, 3.8) is 0 Å². The Morgan fingerprint density at radius 3 is 3.00 bits per heavy atom. The SMILES string of the molecule is Cc1ccc2c(cnn2CCC(=O)N[C@@H]2CCS(=O)(=O)C2)c1. The Labute approximate surface area is 129 Å². The second-order valence-electron chi connectivity index (χ2n) is 5.85. The second-order valence-corrected chi connectivity index (χ2v) is 8.08. The van der Waals surface area contributed by atoms with Gasteiger partial charge in [0.15, 0.2) is 9.84 Å². The first-order valence-corrected chi connectivity index (χ1v) is 9.17. The number of aromatic nitrogens is 2. The van der Waals surface area contributed by atoms with E-state index < -0.39 is 9.84 Å². The summed E-state index contributed by atoms with van der Waals surface area (Å²) in [7, 11) is -2.96. The molecule has 3 rings (SSSR count). The molecule has 1 N–H and O–H groups in total. The Balaban J connectivity index is 1.58. The minimum Gasteiger partial charge on any atom is -0.352 e. The van der Waals surface area contributed by atoms with Crippen LogP contribution in [0.2, 0.25) is 0 Å². The first kappa shape index (κ1) is 15.0. The van der Waals surface area contributed by atoms with Crippen molar-refractivity contribution in [2.24, 2.45) is 0 Å². The predicted molar refractivity (Wildman–Crippen MR) is 84.3 cm³/mol. The molecule has 0 unspecified atom stereocenters. The Morgan fingerprint density at radius 2 is 2.27 bits per heavy atom. The molecule has 6 nitrogen and oxygen atoms in total. The summed E-state index contributed by atoms with van der Waals surface area (Å²) in [6, 6.07) is 5.83. The van der Waals surface area contributed by atoms with E-state index in [1.165, 1.54) is 5.56 Å². The maximum Gasteiger partial charge on any atom is 0.222 e. The monoisotopic (exact) mass is 321 g/mol. The third-order valence-corrected chi connectivity index (χ3v) is 5.71. The van der Waals surface area contributed by atoms with E-state index >= 15 is 0 Å². The maximum atomic E-state index is 11.9. The Hall–Kier alpha value is -1.89. The first-order valence-electron chi connectivity index (χ1n) is 7.35. The minimum absolute atomic E-state index is 0.0583. The average Bonchev–Trinajstić information content (AvgIpc) is 2.99. The van der Waals surface area contributed by atoms with E-state index in [2.05, 4.69) is 16.5 Å². The number of sulfone groups is 1. The summed E-state index contributed by atoms with van der Waals surface area (Å²) in [4.78, 5) is 11.9. The van der Waals surface area contributed by atoms with Gasteiger partial charge < -0.3 is 5.32 Å². The molecule has 1 saturated heterocycles. The van der Waals surface area contributed by atoms with E-state index in [0.717, 1.165) is 10.9 Å². The van der Waals surface area contributed by atoms with Gasteiger partial charge in [-0.3, -0.25) is 9.48 Å². The lowest BCUT2D eigenvalue weighted by molar-refractivity contribution is -0.121. The van der Waals surface area contributed by atoms with Gasteiger partial charge in [0, 0.05) is 17.8 Å². The average molecular weight is 321 g/mol. The highest BCUT2D eigenvalue weighted by Gasteiger charge is 2.28. The number of hydrogen-bond donors (Lipinski definition) is 1. The van der Waals surface area contributed by atoms with Crippen molar-refractivity contribution < 1.29 is 13.2 Å². The molecule has 0 spiro atoms. The zero-order valence-corrected chi connectivity index (χ0v) is 13.3. The van der Waals surface area contributed by atoms with E-state index in [-0.39, 0.29) is 23.5 Å². The molecule has 0 radical (unpaired) electrons. The van der Waals surface area contributed by atoms with E-state index in [9.17, 15) is 13.2 Å². The standard InChI is InChI=1S/C15H19N3O3S/c1-11-2-3-14-12(8-11)9-16-18(14)6-4-15(19)17-13-5-7-22(20,21)10-13/h2-3,8-9,13H,4-7,10H2,1H3,(H,17,19)/t13-/m1/s1. The summed E-state index contributed by atoms with van der Waals surface area (Å²) in [6.45, 7) is 2.51. The largest absolute Gasteiger partial charge is 0.352 e. The van der Waals surface area contributed by atoms with Crippen molar-refractivity contribution in [1.29, 1.82) is 0 Å². The topological polar surface area (TPSA) is 81.1 Å². The predicted octanol–water partition coefficient (Wildman–Crippen LogP) is 1.04. The number of nitrogens with zero attached hydrogens (tertiary/aromatic N) is 2. The van der Waals surface area contributed by atoms with Crippen molar-refractivity contribution in [1.82, 2.24) is 15.1 Å². The molecule has 1 aliphatic heterocycles. The number of fused-ring (bicyclic) bond motifs is 1. The molecule has 0 aliphatic carbocycles. The van der Waals surface area contributed by atoms with Crippen molar-refractivity contribution in [2.75, 3.05) is 11.5 Å². The Bertz CT molecular complexity index is 811. The van der Waals surface area contributed by atoms with Gasteiger partial charge in [0.1, 0.15) is 0 Å². The van der Waals surface area contributed by atoms with Crippen LogP contribution < -0.4 is 5.32 Å². The molecule has 118 valence electrons. The summed E-state index contributed by atoms with van der Waals surface area (Å²) >= 11 is 0. The Morgan fingerprint density at radius 1 is 1.45 bits per heavy atom. The van der Waals surface area contributed by atoms with Gasteiger partial charge in [0.05, 0.1) is 29.8 Å². The summed E-state index contributed by atoms with van der Waals surface area (Å²) in [5.74, 6) is 0.0990. The summed E-state index contributed by atoms with van der Waals surface area (Å²) in [5.41, 5.74) is 2.18. The number of carbonyl (C=O) groups is 1. The number of nitrogens with one attached hydrogen (secondary N) is 1. The van der Waals surface area contributed by atoms with Crippen molar-refractivity contribution in [3.05, 3.63) is 30.0 Å². The van der Waals surface area contributed by atoms with Crippen LogP contribution in [0, 0.1) is 6.92 Å². The van der Waals surface area contributed by atoms with E-state index in [1.54, 1.807) is 10.9 Å². The van der Waals surface area contributed by atoms with Gasteiger partial charge >= 0.3 is 0 Å². The summed E-state index contributed by atoms with van der Waals surface area (Å²) < 4.78 is 24.6. The normalized spacial score (nSPS) is 20.3. The van der Waals surface area contributed by atoms with Crippen LogP contribution in [-0.2, 0) is 21.2 Å². The van der Waals surface area contributed by atoms with Crippen LogP contribution in [0.25, 0.3) is 10.9 Å². The molecule has 0 saturated carbocycles. The first-order chi connectivity index (χ1) is 10.4. The smallest absolute Gasteiger partial charge is 0.222 e. The summed E-state index contributed by atoms with van der Waals surface area (Å²) in [5, 5.41) is 8.16. The lowest BCUT2D eigenvalue weighted by Crippen LogP contribution is -2.36. The van der Waals surface area contributed by atoms with Gasteiger partial charge in [-0.05, 0) is 25.5 Å². The molecule has 22 heavy (non-hydrogen) atoms. The van der Waals surface area contributed by atoms with Gasteiger partial charge in [-0.15, -0.1) is 0 Å². The molecular formula is C15H19N3O3S. The fourth-order valence-corrected chi connectivity index (χ4v) is 4.47. The number of benzene rings is 1. The van der Waals surface area contributed by atoms with Crippen LogP contribution in [0.1, 0.15) is 18.4 Å². The van der Waals surface area contributed by atoms with E-state index in [4.69, 9.17) is 0 Å². The highest BCUT2D eigenvalue weighted by Crippen LogP contribution is 2.16. The number of aryl methyl sites for hydroxylation is 2. The number of rotatable bonds is 4. The highest BCUT2D eigenvalue weighted by atomic mass is 32.2. The van der Waals surface area contributed by atoms with E-state index in [1.807, 2.05) is 19.1 Å². The van der Waals surface area contributed by atoms with Crippen LogP contribution in [0.3, 0.4) is 0 Å². The number of carbonyl (C=O) groups excluding carboxylic acids is 1. The van der Waals surface area contributed by atoms with Crippen molar-refractivity contribution in [2.45, 2.75) is 32.4 Å². The van der Waals surface area contributed by atoms with Gasteiger partial charge in [-0.25, -0.2) is 8.42 Å². The lowest BCUT2D eigenvalue weighted by atomic mass is 10.2. The molecular weight excluding hydrogens is 302 g/mol. The molecule has 7 heteroatoms. The molecule has 1 atom stereocenters. The van der Waals surface area contributed by atoms with Crippen molar-refractivity contribution in [3.8, 4) is 0 Å². The molecule has 2 aromatic rings. The molecule has 2 heterocycles. The maximum absolute atomic E-state index is 11.9. The van der Waals surface area contributed by atoms with Gasteiger partial charge in [-0.2, -0.15) is 5.10 Å². The van der Waals surface area contributed by atoms with E-state index in [0.29, 0.717) is 19.4 Å². The lowest BCUT2D eigenvalue weighted by Gasteiger charge is -2.11. The molecule has 1 aromatic heterocycles. The molecule has 1 aliphatic rings. The second kappa shape index (κ2) is 5.72. The molecule has 0 bridgehead atoms. The zero-order chi connectivity index (χ0) is 15.7. The highest BCUT2D eigenvalue weighted by molar-refractivity contribution is 7.91. The number of hydrogen-bond acceptors (Lipinski definition) is 4. The van der Waals surface area contributed by atoms with Gasteiger partial charge in [0.25, 0.3) is 0 Å². The fraction of sp³-hybridized carbons (Fsp3) is 0.467. The zero-order valence-electron chi connectivity index (χ0n) is 12.4. The molecule has 1 aromatic carbocycles. The Kier molecular flexibility index (Phi) is 3.90. The van der Waals surface area contributed by atoms with Crippen LogP contribution >= 0.6 is 0 Å². The van der Waals surface area contributed by atoms with Crippen LogP contribution in [0.5, 0.6) is 0 Å². The van der Waals surface area contributed by atoms with Crippen LogP contribution in [0.15, 0.2) is 24.4 Å². The number of amides is 1. The minimum atomic E-state index is -2.96. The third-order valence-electron chi connectivity index (χ3n) is 3.95. The van der Waals surface area contributed by atoms with Crippen LogP contribution in [-0.4, -0.2) is 41.7 Å². The molecule has 1 fully saturated rings. The quantitative estimate of drug-likeness (QED) is 0.912. The van der Waals surface area contributed by atoms with Crippen LogP contribution in [0.4, 0.5) is 0 Å².